The summed E-state index contributed by atoms with van der Waals surface area (Å²) >= 11 is 6.07. The van der Waals surface area contributed by atoms with Gasteiger partial charge in [0.1, 0.15) is 11.6 Å². The maximum atomic E-state index is 11.5. The van der Waals surface area contributed by atoms with Crippen molar-refractivity contribution in [2.45, 2.75) is 25.4 Å². The molecular formula is C16H17ClN4O2. The van der Waals surface area contributed by atoms with Crippen molar-refractivity contribution in [2.75, 3.05) is 5.32 Å². The zero-order valence-corrected chi connectivity index (χ0v) is 13.1. The molecule has 3 rings (SSSR count). The fraction of sp³-hybridized carbons (Fsp3) is 0.250. The topological polar surface area (TPSA) is 89.3 Å². The van der Waals surface area contributed by atoms with E-state index in [0.29, 0.717) is 22.5 Å². The van der Waals surface area contributed by atoms with Gasteiger partial charge < -0.3 is 10.1 Å². The van der Waals surface area contributed by atoms with Gasteiger partial charge in [0.05, 0.1) is 0 Å². The van der Waals surface area contributed by atoms with E-state index in [1.54, 1.807) is 18.3 Å². The van der Waals surface area contributed by atoms with Gasteiger partial charge in [0.25, 0.3) is 0 Å². The number of halogens is 1. The number of rotatable bonds is 5. The van der Waals surface area contributed by atoms with Crippen molar-refractivity contribution in [3.8, 4) is 5.88 Å². The Labute approximate surface area is 139 Å². The van der Waals surface area contributed by atoms with Crippen LogP contribution in [0.5, 0.6) is 5.88 Å². The Kier molecular flexibility index (Phi) is 4.64. The molecule has 1 saturated carbocycles. The van der Waals surface area contributed by atoms with Gasteiger partial charge in [0, 0.05) is 17.4 Å². The molecule has 0 saturated heterocycles. The first-order valence-corrected chi connectivity index (χ1v) is 7.69. The lowest BCUT2D eigenvalue weighted by Gasteiger charge is -2.16. The first-order valence-electron chi connectivity index (χ1n) is 7.31. The first-order chi connectivity index (χ1) is 11.2. The number of amides is 2. The number of ether oxygens (including phenoxy) is 1. The highest BCUT2D eigenvalue weighted by Crippen LogP contribution is 2.43. The number of hydrogen-bond acceptors (Lipinski definition) is 4. The van der Waals surface area contributed by atoms with Gasteiger partial charge in [0.15, 0.2) is 0 Å². The Morgan fingerprint density at radius 3 is 2.87 bits per heavy atom. The van der Waals surface area contributed by atoms with Gasteiger partial charge in [-0.25, -0.2) is 15.6 Å². The molecule has 1 aliphatic rings. The molecule has 4 N–H and O–H groups in total. The minimum absolute atomic E-state index is 0.267. The highest BCUT2D eigenvalue weighted by molar-refractivity contribution is 6.31. The normalized spacial score (nSPS) is 13.5. The van der Waals surface area contributed by atoms with Crippen molar-refractivity contribution < 1.29 is 9.53 Å². The number of carbonyl (C=O) groups excluding carboxylic acids is 1. The molecule has 0 spiro atoms. The fourth-order valence-corrected chi connectivity index (χ4v) is 2.61. The van der Waals surface area contributed by atoms with E-state index in [1.165, 1.54) is 5.56 Å². The van der Waals surface area contributed by atoms with Crippen molar-refractivity contribution in [1.29, 1.82) is 0 Å². The van der Waals surface area contributed by atoms with Gasteiger partial charge in [-0.3, -0.25) is 5.43 Å². The molecule has 0 atom stereocenters. The number of aromatic nitrogens is 1. The number of benzene rings is 1. The predicted molar refractivity (Wildman–Crippen MR) is 88.3 cm³/mol. The van der Waals surface area contributed by atoms with E-state index in [0.717, 1.165) is 18.4 Å². The minimum atomic E-state index is -0.477. The summed E-state index contributed by atoms with van der Waals surface area (Å²) in [4.78, 5) is 15.7. The summed E-state index contributed by atoms with van der Waals surface area (Å²) in [5, 5.41) is 3.18. The number of urea groups is 1. The van der Waals surface area contributed by atoms with Crippen molar-refractivity contribution in [2.24, 2.45) is 5.84 Å². The molecule has 0 bridgehead atoms. The lowest BCUT2D eigenvalue weighted by Crippen LogP contribution is -2.34. The molecular weight excluding hydrogens is 316 g/mol. The summed E-state index contributed by atoms with van der Waals surface area (Å²) in [7, 11) is 0. The third-order valence-electron chi connectivity index (χ3n) is 3.69. The van der Waals surface area contributed by atoms with Crippen LogP contribution in [0.2, 0.25) is 5.02 Å². The van der Waals surface area contributed by atoms with E-state index in [1.807, 2.05) is 12.1 Å². The van der Waals surface area contributed by atoms with Gasteiger partial charge in [-0.15, -0.1) is 0 Å². The number of nitrogens with two attached hydrogens (primary N) is 1. The third-order valence-corrected chi connectivity index (χ3v) is 3.97. The first kappa shape index (κ1) is 15.6. The Morgan fingerprint density at radius 1 is 1.35 bits per heavy atom. The van der Waals surface area contributed by atoms with Crippen molar-refractivity contribution in [3.05, 3.63) is 52.7 Å². The predicted octanol–water partition coefficient (Wildman–Crippen LogP) is 3.19. The molecule has 1 aromatic carbocycles. The maximum Gasteiger partial charge on any atom is 0.333 e. The maximum absolute atomic E-state index is 11.5. The number of nitrogens with one attached hydrogen (secondary N) is 2. The van der Waals surface area contributed by atoms with E-state index >= 15 is 0 Å². The summed E-state index contributed by atoms with van der Waals surface area (Å²) in [5.41, 5.74) is 4.82. The molecule has 1 fully saturated rings. The molecule has 2 amide bonds. The Hall–Kier alpha value is -2.31. The highest BCUT2D eigenvalue weighted by atomic mass is 35.5. The van der Waals surface area contributed by atoms with E-state index in [-0.39, 0.29) is 6.61 Å². The van der Waals surface area contributed by atoms with E-state index in [9.17, 15) is 4.79 Å². The van der Waals surface area contributed by atoms with Gasteiger partial charge in [-0.05, 0) is 42.5 Å². The number of carbonyl (C=O) groups is 1. The smallest absolute Gasteiger partial charge is 0.333 e. The van der Waals surface area contributed by atoms with Crippen LogP contribution in [-0.4, -0.2) is 11.0 Å². The minimum Gasteiger partial charge on any atom is -0.472 e. The molecule has 7 heteroatoms. The van der Waals surface area contributed by atoms with Crippen molar-refractivity contribution in [3.63, 3.8) is 0 Å². The van der Waals surface area contributed by atoms with E-state index in [2.05, 4.69) is 21.8 Å². The average molecular weight is 333 g/mol. The summed E-state index contributed by atoms with van der Waals surface area (Å²) in [6.45, 7) is 0.267. The van der Waals surface area contributed by atoms with E-state index < -0.39 is 6.03 Å². The monoisotopic (exact) mass is 332 g/mol. The van der Waals surface area contributed by atoms with Crippen molar-refractivity contribution >= 4 is 23.3 Å². The standard InChI is InChI=1S/C16H17ClN4O2/c17-13-4-2-8-19-15(13)23-9-12-11(10-6-7-10)3-1-5-14(12)20-16(22)21-18/h1-5,8,10H,6-7,9,18H2,(H2,20,21,22). The Bertz CT molecular complexity index is 719. The van der Waals surface area contributed by atoms with Crippen molar-refractivity contribution in [1.82, 2.24) is 10.4 Å². The number of hydrazine groups is 1. The lowest BCUT2D eigenvalue weighted by molar-refractivity contribution is 0.252. The van der Waals surface area contributed by atoms with Gasteiger partial charge in [0.2, 0.25) is 5.88 Å². The second-order valence-electron chi connectivity index (χ2n) is 5.33. The lowest BCUT2D eigenvalue weighted by atomic mass is 10.0. The third kappa shape index (κ3) is 3.72. The summed E-state index contributed by atoms with van der Waals surface area (Å²) in [5.74, 6) is 6.02. The average Bonchev–Trinajstić information content (AvgIpc) is 3.39. The Morgan fingerprint density at radius 2 is 2.17 bits per heavy atom. The second-order valence-corrected chi connectivity index (χ2v) is 5.73. The van der Waals surface area contributed by atoms with Gasteiger partial charge >= 0.3 is 6.03 Å². The molecule has 0 aliphatic heterocycles. The van der Waals surface area contributed by atoms with Crippen LogP contribution in [0.15, 0.2) is 36.5 Å². The number of nitrogens with zero attached hydrogens (tertiary/aromatic N) is 1. The van der Waals surface area contributed by atoms with E-state index in [4.69, 9.17) is 22.2 Å². The van der Waals surface area contributed by atoms with Crippen LogP contribution >= 0.6 is 11.6 Å². The highest BCUT2D eigenvalue weighted by Gasteiger charge is 2.27. The molecule has 23 heavy (non-hydrogen) atoms. The molecule has 120 valence electrons. The molecule has 1 aliphatic carbocycles. The van der Waals surface area contributed by atoms with Crippen LogP contribution in [0.3, 0.4) is 0 Å². The number of pyridine rings is 1. The zero-order valence-electron chi connectivity index (χ0n) is 12.4. The van der Waals surface area contributed by atoms with Crippen LogP contribution < -0.4 is 21.3 Å². The molecule has 1 aromatic heterocycles. The number of hydrogen-bond donors (Lipinski definition) is 3. The molecule has 0 radical (unpaired) electrons. The van der Waals surface area contributed by atoms with Crippen LogP contribution in [0.25, 0.3) is 0 Å². The second kappa shape index (κ2) is 6.85. The summed E-state index contributed by atoms with van der Waals surface area (Å²) in [6, 6.07) is 8.78. The summed E-state index contributed by atoms with van der Waals surface area (Å²) in [6.07, 6.45) is 3.91. The largest absolute Gasteiger partial charge is 0.472 e. The molecule has 6 nitrogen and oxygen atoms in total. The van der Waals surface area contributed by atoms with Crippen LogP contribution in [-0.2, 0) is 6.61 Å². The Balaban J connectivity index is 1.86. The van der Waals surface area contributed by atoms with Gasteiger partial charge in [-0.2, -0.15) is 0 Å². The quantitative estimate of drug-likeness (QED) is 0.445. The summed E-state index contributed by atoms with van der Waals surface area (Å²) < 4.78 is 5.75. The van der Waals surface area contributed by atoms with Crippen LogP contribution in [0.4, 0.5) is 10.5 Å². The molecule has 1 heterocycles. The SMILES string of the molecule is NNC(=O)Nc1cccc(C2CC2)c1COc1ncccc1Cl. The molecule has 2 aromatic rings. The van der Waals surface area contributed by atoms with Crippen LogP contribution in [0.1, 0.15) is 29.9 Å². The van der Waals surface area contributed by atoms with Gasteiger partial charge in [-0.1, -0.05) is 23.7 Å². The van der Waals surface area contributed by atoms with Crippen LogP contribution in [0, 0.1) is 0 Å². The fourth-order valence-electron chi connectivity index (χ4n) is 2.44. The number of anilines is 1. The molecule has 0 unspecified atom stereocenters. The zero-order chi connectivity index (χ0) is 16.2.